The molecule has 0 atom stereocenters. The van der Waals surface area contributed by atoms with Crippen LogP contribution in [-0.2, 0) is 20.7 Å². The summed E-state index contributed by atoms with van der Waals surface area (Å²) in [6.07, 6.45) is 0.197. The normalized spacial score (nSPS) is 11.1. The first-order valence-corrected chi connectivity index (χ1v) is 6.20. The van der Waals surface area contributed by atoms with E-state index in [0.29, 0.717) is 5.02 Å². The molecule has 4 heteroatoms. The van der Waals surface area contributed by atoms with Crippen LogP contribution in [0.1, 0.15) is 26.3 Å². The molecule has 0 heterocycles. The van der Waals surface area contributed by atoms with Crippen LogP contribution in [0.2, 0.25) is 5.02 Å². The summed E-state index contributed by atoms with van der Waals surface area (Å²) in [4.78, 5) is 23.8. The number of Topliss-reactive ketones (excluding diaryl/α,β-unsaturated/α-hetero) is 1. The largest absolute Gasteiger partial charge is 0.465 e. The highest BCUT2D eigenvalue weighted by Gasteiger charge is 2.36. The first-order chi connectivity index (χ1) is 8.37. The second kappa shape index (κ2) is 6.01. The standard InChI is InChI=1S/C14H17ClO3/c1-4-18-13(17)14(2,3)12(16)9-10-5-7-11(15)8-6-10/h5-8H,4,9H2,1-3H3. The van der Waals surface area contributed by atoms with Crippen LogP contribution in [-0.4, -0.2) is 18.4 Å². The number of halogens is 1. The Bertz CT molecular complexity index is 435. The number of ketones is 1. The summed E-state index contributed by atoms with van der Waals surface area (Å²) in [5, 5.41) is 0.621. The summed E-state index contributed by atoms with van der Waals surface area (Å²) >= 11 is 5.77. The van der Waals surface area contributed by atoms with E-state index in [9.17, 15) is 9.59 Å². The van der Waals surface area contributed by atoms with Crippen molar-refractivity contribution in [2.45, 2.75) is 27.2 Å². The summed E-state index contributed by atoms with van der Waals surface area (Å²) in [6.45, 7) is 5.17. The average Bonchev–Trinajstić information content (AvgIpc) is 2.32. The van der Waals surface area contributed by atoms with Gasteiger partial charge in [-0.15, -0.1) is 0 Å². The zero-order valence-corrected chi connectivity index (χ0v) is 11.6. The van der Waals surface area contributed by atoms with Crippen LogP contribution in [0.15, 0.2) is 24.3 Å². The third-order valence-electron chi connectivity index (χ3n) is 2.76. The van der Waals surface area contributed by atoms with Crippen molar-refractivity contribution in [1.29, 1.82) is 0 Å². The van der Waals surface area contributed by atoms with Crippen LogP contribution in [0.5, 0.6) is 0 Å². The number of carbonyl (C=O) groups excluding carboxylic acids is 2. The Kier molecular flexibility index (Phi) is 4.91. The van der Waals surface area contributed by atoms with E-state index >= 15 is 0 Å². The Morgan fingerprint density at radius 1 is 1.22 bits per heavy atom. The highest BCUT2D eigenvalue weighted by Crippen LogP contribution is 2.22. The van der Waals surface area contributed by atoms with E-state index in [1.807, 2.05) is 0 Å². The SMILES string of the molecule is CCOC(=O)C(C)(C)C(=O)Cc1ccc(Cl)cc1. The second-order valence-corrected chi connectivity index (χ2v) is 5.01. The molecule has 0 fully saturated rings. The number of benzene rings is 1. The third kappa shape index (κ3) is 3.57. The zero-order valence-electron chi connectivity index (χ0n) is 10.8. The van der Waals surface area contributed by atoms with Crippen molar-refractivity contribution in [1.82, 2.24) is 0 Å². The average molecular weight is 269 g/mol. The van der Waals surface area contributed by atoms with Gasteiger partial charge in [0.05, 0.1) is 6.61 Å². The summed E-state index contributed by atoms with van der Waals surface area (Å²) in [7, 11) is 0. The van der Waals surface area contributed by atoms with Crippen molar-refractivity contribution in [2.24, 2.45) is 5.41 Å². The minimum absolute atomic E-state index is 0.164. The van der Waals surface area contributed by atoms with Gasteiger partial charge in [-0.25, -0.2) is 0 Å². The van der Waals surface area contributed by atoms with Crippen molar-refractivity contribution >= 4 is 23.4 Å². The van der Waals surface area contributed by atoms with Crippen LogP contribution in [0.25, 0.3) is 0 Å². The van der Waals surface area contributed by atoms with E-state index in [1.54, 1.807) is 45.0 Å². The van der Waals surface area contributed by atoms with Gasteiger partial charge < -0.3 is 4.74 Å². The summed E-state index contributed by atoms with van der Waals surface area (Å²) in [5.41, 5.74) is -0.280. The number of carbonyl (C=O) groups is 2. The molecule has 0 radical (unpaired) electrons. The van der Waals surface area contributed by atoms with Crippen molar-refractivity contribution in [2.75, 3.05) is 6.61 Å². The molecule has 0 aliphatic heterocycles. The maximum absolute atomic E-state index is 12.1. The molecule has 3 nitrogen and oxygen atoms in total. The fourth-order valence-corrected chi connectivity index (χ4v) is 1.56. The molecule has 0 N–H and O–H groups in total. The van der Waals surface area contributed by atoms with Crippen molar-refractivity contribution in [3.05, 3.63) is 34.9 Å². The van der Waals surface area contributed by atoms with Gasteiger partial charge in [-0.3, -0.25) is 9.59 Å². The number of esters is 1. The molecule has 0 aliphatic carbocycles. The van der Waals surface area contributed by atoms with Gasteiger partial charge >= 0.3 is 5.97 Å². The van der Waals surface area contributed by atoms with Gasteiger partial charge in [0.1, 0.15) is 5.41 Å². The molecule has 0 amide bonds. The fourth-order valence-electron chi connectivity index (χ4n) is 1.43. The predicted octanol–water partition coefficient (Wildman–Crippen LogP) is 3.04. The Labute approximate surface area is 112 Å². The van der Waals surface area contributed by atoms with Crippen LogP contribution < -0.4 is 0 Å². The molecule has 0 saturated carbocycles. The smallest absolute Gasteiger partial charge is 0.319 e. The highest BCUT2D eigenvalue weighted by atomic mass is 35.5. The number of hydrogen-bond donors (Lipinski definition) is 0. The van der Waals surface area contributed by atoms with E-state index in [0.717, 1.165) is 5.56 Å². The Morgan fingerprint density at radius 3 is 2.28 bits per heavy atom. The zero-order chi connectivity index (χ0) is 13.8. The topological polar surface area (TPSA) is 43.4 Å². The highest BCUT2D eigenvalue weighted by molar-refractivity contribution is 6.30. The quantitative estimate of drug-likeness (QED) is 0.609. The number of hydrogen-bond acceptors (Lipinski definition) is 3. The molecule has 0 bridgehead atoms. The summed E-state index contributed by atoms with van der Waals surface area (Å²) < 4.78 is 4.90. The molecule has 0 aromatic heterocycles. The van der Waals surface area contributed by atoms with Gasteiger partial charge in [-0.2, -0.15) is 0 Å². The first-order valence-electron chi connectivity index (χ1n) is 5.83. The molecule has 0 unspecified atom stereocenters. The van der Waals surface area contributed by atoms with E-state index in [2.05, 4.69) is 0 Å². The molecule has 0 saturated heterocycles. The maximum atomic E-state index is 12.1. The Morgan fingerprint density at radius 2 is 1.78 bits per heavy atom. The lowest BCUT2D eigenvalue weighted by molar-refractivity contribution is -0.157. The van der Waals surface area contributed by atoms with Gasteiger partial charge in [0.25, 0.3) is 0 Å². The van der Waals surface area contributed by atoms with Crippen molar-refractivity contribution in [3.8, 4) is 0 Å². The molecule has 0 aliphatic rings. The number of ether oxygens (including phenoxy) is 1. The molecule has 98 valence electrons. The lowest BCUT2D eigenvalue weighted by atomic mass is 9.85. The molecule has 0 spiro atoms. The monoisotopic (exact) mass is 268 g/mol. The molecule has 1 rings (SSSR count). The lowest BCUT2D eigenvalue weighted by Crippen LogP contribution is -2.36. The lowest BCUT2D eigenvalue weighted by Gasteiger charge is -2.20. The Hall–Kier alpha value is -1.35. The minimum Gasteiger partial charge on any atom is -0.465 e. The molecule has 1 aromatic rings. The molecule has 1 aromatic carbocycles. The van der Waals surface area contributed by atoms with Crippen LogP contribution in [0.3, 0.4) is 0 Å². The van der Waals surface area contributed by atoms with E-state index in [4.69, 9.17) is 16.3 Å². The Balaban J connectivity index is 2.75. The fraction of sp³-hybridized carbons (Fsp3) is 0.429. The first kappa shape index (κ1) is 14.7. The van der Waals surface area contributed by atoms with Gasteiger partial charge in [0.15, 0.2) is 5.78 Å². The third-order valence-corrected chi connectivity index (χ3v) is 3.01. The molecular formula is C14H17ClO3. The van der Waals surface area contributed by atoms with Crippen LogP contribution in [0.4, 0.5) is 0 Å². The molecular weight excluding hydrogens is 252 g/mol. The van der Waals surface area contributed by atoms with Crippen LogP contribution >= 0.6 is 11.6 Å². The van der Waals surface area contributed by atoms with Gasteiger partial charge in [-0.1, -0.05) is 23.7 Å². The second-order valence-electron chi connectivity index (χ2n) is 4.57. The van der Waals surface area contributed by atoms with E-state index < -0.39 is 11.4 Å². The van der Waals surface area contributed by atoms with Crippen molar-refractivity contribution in [3.63, 3.8) is 0 Å². The molecule has 18 heavy (non-hydrogen) atoms. The summed E-state index contributed by atoms with van der Waals surface area (Å²) in [5.74, 6) is -0.646. The maximum Gasteiger partial charge on any atom is 0.319 e. The minimum atomic E-state index is -1.12. The van der Waals surface area contributed by atoms with E-state index in [-0.39, 0.29) is 18.8 Å². The van der Waals surface area contributed by atoms with Gasteiger partial charge in [-0.05, 0) is 38.5 Å². The van der Waals surface area contributed by atoms with Gasteiger partial charge in [0.2, 0.25) is 0 Å². The van der Waals surface area contributed by atoms with Gasteiger partial charge in [0, 0.05) is 11.4 Å². The predicted molar refractivity (Wildman–Crippen MR) is 70.6 cm³/mol. The van der Waals surface area contributed by atoms with Crippen LogP contribution in [0, 0.1) is 5.41 Å². The van der Waals surface area contributed by atoms with Crippen molar-refractivity contribution < 1.29 is 14.3 Å². The van der Waals surface area contributed by atoms with E-state index in [1.165, 1.54) is 0 Å². The number of rotatable bonds is 5. The summed E-state index contributed by atoms with van der Waals surface area (Å²) in [6, 6.07) is 7.01.